The molecule has 0 bridgehead atoms. The predicted octanol–water partition coefficient (Wildman–Crippen LogP) is 2.97. The molecule has 4 nitrogen and oxygen atoms in total. The first-order chi connectivity index (χ1) is 9.02. The van der Waals surface area contributed by atoms with E-state index < -0.39 is 0 Å². The Morgan fingerprint density at radius 3 is 2.42 bits per heavy atom. The van der Waals surface area contributed by atoms with Crippen molar-refractivity contribution in [3.8, 4) is 5.75 Å². The molecule has 0 fully saturated rings. The Balaban J connectivity index is 2.08. The van der Waals surface area contributed by atoms with Crippen LogP contribution in [-0.2, 0) is 7.05 Å². The van der Waals surface area contributed by atoms with Gasteiger partial charge in [0.1, 0.15) is 5.69 Å². The van der Waals surface area contributed by atoms with Gasteiger partial charge in [-0.3, -0.25) is 4.68 Å². The first-order valence-electron chi connectivity index (χ1n) is 7.38. The fraction of sp³-hybridized carbons (Fsp3) is 0.800. The van der Waals surface area contributed by atoms with Gasteiger partial charge in [0.15, 0.2) is 5.75 Å². The first-order valence-corrected chi connectivity index (χ1v) is 7.38. The van der Waals surface area contributed by atoms with Gasteiger partial charge in [-0.05, 0) is 33.2 Å². The number of nitrogens with zero attached hydrogens (tertiary/aromatic N) is 2. The van der Waals surface area contributed by atoms with Crippen LogP contribution in [0.3, 0.4) is 0 Å². The van der Waals surface area contributed by atoms with Crippen molar-refractivity contribution < 1.29 is 4.74 Å². The third-order valence-corrected chi connectivity index (χ3v) is 3.31. The van der Waals surface area contributed by atoms with Crippen molar-refractivity contribution in [3.05, 3.63) is 11.4 Å². The molecule has 1 rings (SSSR count). The van der Waals surface area contributed by atoms with Crippen LogP contribution in [0.5, 0.6) is 5.75 Å². The number of aromatic nitrogens is 2. The summed E-state index contributed by atoms with van der Waals surface area (Å²) in [6.07, 6.45) is 4.88. The van der Waals surface area contributed by atoms with E-state index in [9.17, 15) is 0 Å². The molecule has 0 aliphatic carbocycles. The highest BCUT2D eigenvalue weighted by molar-refractivity contribution is 5.31. The minimum Gasteiger partial charge on any atom is -0.490 e. The average molecular weight is 267 g/mol. The summed E-state index contributed by atoms with van der Waals surface area (Å²) < 4.78 is 7.71. The Labute approximate surface area is 117 Å². The van der Waals surface area contributed by atoms with Gasteiger partial charge in [-0.15, -0.1) is 0 Å². The number of nitrogens with one attached hydrogen (secondary N) is 1. The van der Waals surface area contributed by atoms with Crippen LogP contribution in [0.15, 0.2) is 0 Å². The van der Waals surface area contributed by atoms with Crippen molar-refractivity contribution in [2.75, 3.05) is 13.2 Å². The average Bonchev–Trinajstić information content (AvgIpc) is 2.58. The maximum Gasteiger partial charge on any atom is 0.162 e. The minimum absolute atomic E-state index is 0.597. The smallest absolute Gasteiger partial charge is 0.162 e. The standard InChI is InChI=1S/C15H29N3O/c1-12(2)16-10-8-6-7-9-11-19-15-13(3)17-18(5)14(15)4/h12,16H,6-11H2,1-5H3. The van der Waals surface area contributed by atoms with Crippen molar-refractivity contribution in [1.82, 2.24) is 15.1 Å². The van der Waals surface area contributed by atoms with Gasteiger partial charge in [0.25, 0.3) is 0 Å². The molecular weight excluding hydrogens is 238 g/mol. The van der Waals surface area contributed by atoms with Crippen molar-refractivity contribution in [1.29, 1.82) is 0 Å². The second-order valence-corrected chi connectivity index (χ2v) is 5.50. The van der Waals surface area contributed by atoms with E-state index in [-0.39, 0.29) is 0 Å². The molecule has 4 heteroatoms. The molecule has 0 saturated carbocycles. The zero-order valence-corrected chi connectivity index (χ0v) is 13.1. The summed E-state index contributed by atoms with van der Waals surface area (Å²) in [4.78, 5) is 0. The van der Waals surface area contributed by atoms with E-state index in [0.717, 1.165) is 36.7 Å². The van der Waals surface area contributed by atoms with Gasteiger partial charge in [0.2, 0.25) is 0 Å². The normalized spacial score (nSPS) is 11.3. The molecule has 0 atom stereocenters. The molecule has 0 radical (unpaired) electrons. The monoisotopic (exact) mass is 267 g/mol. The summed E-state index contributed by atoms with van der Waals surface area (Å²) in [6, 6.07) is 0.597. The molecule has 1 aromatic rings. The van der Waals surface area contributed by atoms with E-state index in [0.29, 0.717) is 6.04 Å². The Morgan fingerprint density at radius 2 is 1.84 bits per heavy atom. The molecule has 0 aliphatic rings. The van der Waals surface area contributed by atoms with Crippen LogP contribution < -0.4 is 10.1 Å². The highest BCUT2D eigenvalue weighted by Gasteiger charge is 2.09. The van der Waals surface area contributed by atoms with Gasteiger partial charge >= 0.3 is 0 Å². The molecule has 0 aromatic carbocycles. The number of rotatable bonds is 9. The highest BCUT2D eigenvalue weighted by atomic mass is 16.5. The van der Waals surface area contributed by atoms with Crippen molar-refractivity contribution >= 4 is 0 Å². The zero-order valence-electron chi connectivity index (χ0n) is 13.1. The summed E-state index contributed by atoms with van der Waals surface area (Å²) in [5.41, 5.74) is 2.10. The number of ether oxygens (including phenoxy) is 1. The fourth-order valence-corrected chi connectivity index (χ4v) is 2.11. The molecule has 0 aliphatic heterocycles. The van der Waals surface area contributed by atoms with Gasteiger partial charge in [-0.25, -0.2) is 0 Å². The van der Waals surface area contributed by atoms with E-state index in [2.05, 4.69) is 24.3 Å². The first kappa shape index (κ1) is 16.0. The maximum absolute atomic E-state index is 5.83. The van der Waals surface area contributed by atoms with Crippen LogP contribution in [0.1, 0.15) is 50.9 Å². The van der Waals surface area contributed by atoms with Crippen molar-refractivity contribution in [2.24, 2.45) is 7.05 Å². The maximum atomic E-state index is 5.83. The predicted molar refractivity (Wildman–Crippen MR) is 79.8 cm³/mol. The summed E-state index contributed by atoms with van der Waals surface area (Å²) in [5.74, 6) is 0.962. The molecule has 110 valence electrons. The number of aryl methyl sites for hydroxylation is 2. The Morgan fingerprint density at radius 1 is 1.16 bits per heavy atom. The van der Waals surface area contributed by atoms with Crippen LogP contribution in [0.4, 0.5) is 0 Å². The van der Waals surface area contributed by atoms with Crippen molar-refractivity contribution in [2.45, 2.75) is 59.4 Å². The second-order valence-electron chi connectivity index (χ2n) is 5.50. The fourth-order valence-electron chi connectivity index (χ4n) is 2.11. The molecule has 0 spiro atoms. The SMILES string of the molecule is Cc1nn(C)c(C)c1OCCCCCCNC(C)C. The minimum atomic E-state index is 0.597. The lowest BCUT2D eigenvalue weighted by Crippen LogP contribution is -2.23. The van der Waals surface area contributed by atoms with E-state index in [1.54, 1.807) is 0 Å². The van der Waals surface area contributed by atoms with Gasteiger partial charge in [0, 0.05) is 13.1 Å². The van der Waals surface area contributed by atoms with E-state index in [1.165, 1.54) is 19.3 Å². The van der Waals surface area contributed by atoms with Crippen molar-refractivity contribution in [3.63, 3.8) is 0 Å². The molecule has 1 aromatic heterocycles. The van der Waals surface area contributed by atoms with Gasteiger partial charge in [-0.1, -0.05) is 26.7 Å². The summed E-state index contributed by atoms with van der Waals surface area (Å²) in [7, 11) is 1.96. The molecule has 19 heavy (non-hydrogen) atoms. The summed E-state index contributed by atoms with van der Waals surface area (Å²) in [5, 5.41) is 7.79. The summed E-state index contributed by atoms with van der Waals surface area (Å²) >= 11 is 0. The van der Waals surface area contributed by atoms with Gasteiger partial charge in [0.05, 0.1) is 12.3 Å². The topological polar surface area (TPSA) is 39.1 Å². The van der Waals surface area contributed by atoms with Crippen LogP contribution in [0.25, 0.3) is 0 Å². The lowest BCUT2D eigenvalue weighted by molar-refractivity contribution is 0.300. The molecule has 0 unspecified atom stereocenters. The third-order valence-electron chi connectivity index (χ3n) is 3.31. The Bertz CT molecular complexity index is 372. The van der Waals surface area contributed by atoms with Crippen LogP contribution >= 0.6 is 0 Å². The molecular formula is C15H29N3O. The van der Waals surface area contributed by atoms with Crippen LogP contribution in [-0.4, -0.2) is 29.0 Å². The lowest BCUT2D eigenvalue weighted by atomic mass is 10.2. The van der Waals surface area contributed by atoms with Crippen LogP contribution in [0, 0.1) is 13.8 Å². The molecule has 1 N–H and O–H groups in total. The van der Waals surface area contributed by atoms with E-state index in [4.69, 9.17) is 4.74 Å². The van der Waals surface area contributed by atoms with Gasteiger partial charge in [-0.2, -0.15) is 5.10 Å². The number of hydrogen-bond donors (Lipinski definition) is 1. The largest absolute Gasteiger partial charge is 0.490 e. The lowest BCUT2D eigenvalue weighted by Gasteiger charge is -2.08. The number of hydrogen-bond acceptors (Lipinski definition) is 3. The molecule has 1 heterocycles. The Kier molecular flexibility index (Phi) is 6.92. The van der Waals surface area contributed by atoms with E-state index in [1.807, 2.05) is 25.6 Å². The van der Waals surface area contributed by atoms with Crippen LogP contribution in [0.2, 0.25) is 0 Å². The zero-order chi connectivity index (χ0) is 14.3. The van der Waals surface area contributed by atoms with E-state index >= 15 is 0 Å². The molecule has 0 amide bonds. The second kappa shape index (κ2) is 8.20. The third kappa shape index (κ3) is 5.64. The molecule has 0 saturated heterocycles. The highest BCUT2D eigenvalue weighted by Crippen LogP contribution is 2.21. The Hall–Kier alpha value is -1.03. The summed E-state index contributed by atoms with van der Waals surface area (Å²) in [6.45, 7) is 10.3. The number of unbranched alkanes of at least 4 members (excludes halogenated alkanes) is 3. The quantitative estimate of drug-likeness (QED) is 0.699. The van der Waals surface area contributed by atoms with Gasteiger partial charge < -0.3 is 10.1 Å².